The molecule has 4 saturated carbocycles. The molecule has 1 aliphatic heterocycles. The van der Waals surface area contributed by atoms with Crippen LogP contribution in [0.2, 0.25) is 0 Å². The molecule has 6 atom stereocenters. The van der Waals surface area contributed by atoms with Crippen molar-refractivity contribution in [3.8, 4) is 0 Å². The number of ether oxygens (including phenoxy) is 1. The van der Waals surface area contributed by atoms with Gasteiger partial charge in [0.05, 0.1) is 0 Å². The third-order valence-electron chi connectivity index (χ3n) is 10.3. The summed E-state index contributed by atoms with van der Waals surface area (Å²) < 4.78 is 5.67. The summed E-state index contributed by atoms with van der Waals surface area (Å²) in [6.07, 6.45) is 14.8. The van der Waals surface area contributed by atoms with E-state index in [1.165, 1.54) is 22.6 Å². The van der Waals surface area contributed by atoms with Gasteiger partial charge in [0, 0.05) is 30.2 Å². The van der Waals surface area contributed by atoms with Crippen LogP contribution in [0.15, 0.2) is 0 Å². The zero-order chi connectivity index (χ0) is 28.2. The van der Waals surface area contributed by atoms with Crippen molar-refractivity contribution in [2.45, 2.75) is 153 Å². The fourth-order valence-electron chi connectivity index (χ4n) is 7.61. The van der Waals surface area contributed by atoms with Crippen LogP contribution >= 0.6 is 0 Å². The average Bonchev–Trinajstić information content (AvgIpc) is 2.93. The first kappa shape index (κ1) is 29.0. The van der Waals surface area contributed by atoms with E-state index in [2.05, 4.69) is 29.8 Å². The van der Waals surface area contributed by atoms with Crippen LogP contribution in [-0.4, -0.2) is 70.3 Å². The summed E-state index contributed by atoms with van der Waals surface area (Å²) in [7, 11) is 0. The maximum atomic E-state index is 13.3. The third-order valence-corrected chi connectivity index (χ3v) is 10.3. The Bertz CT molecular complexity index is 847. The molecule has 5 aliphatic rings. The number of imide groups is 2. The van der Waals surface area contributed by atoms with Crippen molar-refractivity contribution in [3.63, 3.8) is 0 Å². The Morgan fingerprint density at radius 2 is 1.15 bits per heavy atom. The van der Waals surface area contributed by atoms with E-state index in [1.807, 2.05) is 0 Å². The first-order valence-electron chi connectivity index (χ1n) is 16.0. The van der Waals surface area contributed by atoms with Gasteiger partial charge >= 0.3 is 24.2 Å². The van der Waals surface area contributed by atoms with Gasteiger partial charge in [0.15, 0.2) is 0 Å². The van der Waals surface area contributed by atoms with Crippen molar-refractivity contribution < 1.29 is 23.9 Å². The molecule has 3 N–H and O–H groups in total. The first-order valence-corrected chi connectivity index (χ1v) is 16.0. The van der Waals surface area contributed by atoms with Crippen LogP contribution in [0.1, 0.15) is 117 Å². The monoisotopic (exact) mass is 559 g/mol. The molecule has 0 aromatic rings. The third kappa shape index (κ3) is 6.68. The van der Waals surface area contributed by atoms with Gasteiger partial charge < -0.3 is 20.7 Å². The highest BCUT2D eigenvalue weighted by Crippen LogP contribution is 2.37. The van der Waals surface area contributed by atoms with Crippen LogP contribution in [0, 0.1) is 11.8 Å². The van der Waals surface area contributed by atoms with Gasteiger partial charge in [-0.25, -0.2) is 29.0 Å². The summed E-state index contributed by atoms with van der Waals surface area (Å²) in [5, 5.41) is 9.31. The normalized spacial score (nSPS) is 34.1. The Balaban J connectivity index is 1.12. The number of nitrogens with one attached hydrogen (secondary N) is 3. The number of hydrogen-bond donors (Lipinski definition) is 3. The molecule has 0 radical (unpaired) electrons. The van der Waals surface area contributed by atoms with Crippen LogP contribution in [0.25, 0.3) is 0 Å². The van der Waals surface area contributed by atoms with Crippen molar-refractivity contribution in [1.29, 1.82) is 0 Å². The van der Waals surface area contributed by atoms with Crippen LogP contribution in [0.4, 0.5) is 19.2 Å². The minimum Gasteiger partial charge on any atom is -0.446 e. The van der Waals surface area contributed by atoms with Crippen molar-refractivity contribution in [2.24, 2.45) is 11.8 Å². The molecule has 10 nitrogen and oxygen atoms in total. The van der Waals surface area contributed by atoms with E-state index in [0.29, 0.717) is 12.8 Å². The summed E-state index contributed by atoms with van der Waals surface area (Å²) in [4.78, 5) is 54.8. The predicted octanol–water partition coefficient (Wildman–Crippen LogP) is 5.65. The summed E-state index contributed by atoms with van der Waals surface area (Å²) in [5.41, 5.74) is 0. The predicted molar refractivity (Wildman–Crippen MR) is 151 cm³/mol. The van der Waals surface area contributed by atoms with Gasteiger partial charge in [0.2, 0.25) is 0 Å². The topological polar surface area (TPSA) is 120 Å². The lowest BCUT2D eigenvalue weighted by molar-refractivity contribution is 0.0390. The highest BCUT2D eigenvalue weighted by molar-refractivity contribution is 6.12. The molecule has 224 valence electrons. The zero-order valence-corrected chi connectivity index (χ0v) is 24.4. The van der Waals surface area contributed by atoms with E-state index >= 15 is 0 Å². The summed E-state index contributed by atoms with van der Waals surface area (Å²) >= 11 is 0. The number of alkyl carbamates (subject to hydrolysis) is 1. The van der Waals surface area contributed by atoms with E-state index < -0.39 is 0 Å². The molecular formula is C30H49N5O5. The maximum absolute atomic E-state index is 13.3. The Morgan fingerprint density at radius 3 is 1.70 bits per heavy atom. The second-order valence-corrected chi connectivity index (χ2v) is 13.2. The molecule has 0 aromatic carbocycles. The fourth-order valence-corrected chi connectivity index (χ4v) is 7.61. The van der Waals surface area contributed by atoms with E-state index in [4.69, 9.17) is 4.74 Å². The molecule has 0 bridgehead atoms. The van der Waals surface area contributed by atoms with E-state index in [1.54, 1.807) is 0 Å². The van der Waals surface area contributed by atoms with Gasteiger partial charge in [-0.05, 0) is 88.9 Å². The van der Waals surface area contributed by atoms with Crippen molar-refractivity contribution in [3.05, 3.63) is 0 Å². The Morgan fingerprint density at radius 1 is 0.650 bits per heavy atom. The van der Waals surface area contributed by atoms with E-state index in [-0.39, 0.29) is 72.3 Å². The number of nitrogens with zero attached hydrogens (tertiary/aromatic N) is 2. The molecule has 1 saturated heterocycles. The molecule has 7 amide bonds. The van der Waals surface area contributed by atoms with Gasteiger partial charge in [-0.2, -0.15) is 0 Å². The zero-order valence-electron chi connectivity index (χ0n) is 24.4. The van der Waals surface area contributed by atoms with Crippen LogP contribution in [-0.2, 0) is 4.74 Å². The Kier molecular flexibility index (Phi) is 9.41. The largest absolute Gasteiger partial charge is 0.446 e. The second-order valence-electron chi connectivity index (χ2n) is 13.2. The quantitative estimate of drug-likeness (QED) is 0.388. The minimum absolute atomic E-state index is 0.00889. The van der Waals surface area contributed by atoms with Gasteiger partial charge in [-0.15, -0.1) is 0 Å². The lowest BCUT2D eigenvalue weighted by Crippen LogP contribution is -2.71. The molecule has 5 rings (SSSR count). The number of carbonyl (C=O) groups excluding carboxylic acids is 4. The number of rotatable bonds is 6. The molecule has 10 heteroatoms. The van der Waals surface area contributed by atoms with Gasteiger partial charge in [0.25, 0.3) is 0 Å². The van der Waals surface area contributed by atoms with Crippen LogP contribution in [0.5, 0.6) is 0 Å². The smallest absolute Gasteiger partial charge is 0.407 e. The summed E-state index contributed by atoms with van der Waals surface area (Å²) in [5.74, 6) is 0.542. The summed E-state index contributed by atoms with van der Waals surface area (Å²) in [6, 6.07) is -0.992. The molecular weight excluding hydrogens is 510 g/mol. The summed E-state index contributed by atoms with van der Waals surface area (Å²) in [6.45, 7) is 4.23. The Labute approximate surface area is 238 Å². The van der Waals surface area contributed by atoms with Crippen LogP contribution in [0.3, 0.4) is 0 Å². The number of carbonyl (C=O) groups is 4. The molecule has 6 unspecified atom stereocenters. The highest BCUT2D eigenvalue weighted by atomic mass is 16.6. The van der Waals surface area contributed by atoms with Crippen molar-refractivity contribution in [1.82, 2.24) is 25.8 Å². The number of amides is 7. The van der Waals surface area contributed by atoms with Crippen LogP contribution < -0.4 is 16.0 Å². The molecule has 4 aliphatic carbocycles. The standard InChI is InChI=1S/C30H49N5O5/c1-19-13-15-22(17-25(19)32-27(36)31-21-9-5-3-6-10-21)34-29(38)35(30(34)39)23-16-14-20(2)26(18-23)33-28(37)40-24-11-7-4-8-12-24/h19-26H,3-18H2,1-2H3,(H,33,37)(H2,31,32,36). The van der Waals surface area contributed by atoms with Crippen molar-refractivity contribution >= 4 is 24.2 Å². The van der Waals surface area contributed by atoms with Gasteiger partial charge in [-0.3, -0.25) is 0 Å². The number of urea groups is 3. The first-order chi connectivity index (χ1) is 19.3. The molecule has 40 heavy (non-hydrogen) atoms. The SMILES string of the molecule is CC1CCC(N2C(=O)N(C3CCC(C)C(NC(=O)OC4CCCCC4)C3)C2=O)CC1NC(=O)NC1CCCCC1. The molecule has 0 spiro atoms. The van der Waals surface area contributed by atoms with E-state index in [9.17, 15) is 19.2 Å². The molecule has 0 aromatic heterocycles. The number of hydrogen-bond acceptors (Lipinski definition) is 5. The maximum Gasteiger partial charge on any atom is 0.407 e. The van der Waals surface area contributed by atoms with Gasteiger partial charge in [-0.1, -0.05) is 39.5 Å². The van der Waals surface area contributed by atoms with E-state index in [0.717, 1.165) is 77.0 Å². The lowest BCUT2D eigenvalue weighted by Gasteiger charge is -2.51. The highest BCUT2D eigenvalue weighted by Gasteiger charge is 2.53. The minimum atomic E-state index is -0.380. The molecule has 5 fully saturated rings. The van der Waals surface area contributed by atoms with Gasteiger partial charge in [0.1, 0.15) is 6.10 Å². The lowest BCUT2D eigenvalue weighted by atomic mass is 9.80. The fraction of sp³-hybridized carbons (Fsp3) is 0.867. The Hall–Kier alpha value is -2.52. The molecule has 1 heterocycles. The second kappa shape index (κ2) is 13.0. The average molecular weight is 560 g/mol. The van der Waals surface area contributed by atoms with Crippen molar-refractivity contribution in [2.75, 3.05) is 0 Å².